The number of fused-ring (bicyclic) bond motifs is 2. The summed E-state index contributed by atoms with van der Waals surface area (Å²) in [6.45, 7) is 4.15. The number of anilines is 1. The Balaban J connectivity index is 1.35. The maximum absolute atomic E-state index is 13.3. The van der Waals surface area contributed by atoms with E-state index in [0.717, 1.165) is 35.0 Å². The zero-order valence-electron chi connectivity index (χ0n) is 17.0. The number of aromatic amines is 1. The first-order valence-electron chi connectivity index (χ1n) is 10.3. The molecule has 30 heavy (non-hydrogen) atoms. The number of guanidine groups is 1. The van der Waals surface area contributed by atoms with Crippen molar-refractivity contribution >= 4 is 28.5 Å². The van der Waals surface area contributed by atoms with Gasteiger partial charge in [-0.1, -0.05) is 18.2 Å². The monoisotopic (exact) mass is 407 g/mol. The summed E-state index contributed by atoms with van der Waals surface area (Å²) in [5, 5.41) is 7.48. The lowest BCUT2D eigenvalue weighted by Gasteiger charge is -2.17. The minimum absolute atomic E-state index is 0.00388. The Hall–Kier alpha value is -3.35. The zero-order chi connectivity index (χ0) is 20.9. The molecule has 1 amide bonds. The molecular weight excluding hydrogens is 381 g/mol. The molecule has 3 aromatic rings. The summed E-state index contributed by atoms with van der Waals surface area (Å²) in [5.41, 5.74) is 4.10. The summed E-state index contributed by atoms with van der Waals surface area (Å²) in [6.07, 6.45) is 3.55. The van der Waals surface area contributed by atoms with Crippen LogP contribution in [0.15, 0.2) is 53.7 Å². The number of aliphatic imine (C=N–C) groups is 1. The first-order chi connectivity index (χ1) is 14.7. The van der Waals surface area contributed by atoms with Crippen LogP contribution in [0.25, 0.3) is 10.9 Å². The van der Waals surface area contributed by atoms with Crippen LogP contribution >= 0.6 is 0 Å². The molecular formula is C23H26FN5O. The third-order valence-electron chi connectivity index (χ3n) is 5.32. The topological polar surface area (TPSA) is 72.5 Å². The average Bonchev–Trinajstić information content (AvgIpc) is 3.35. The maximum atomic E-state index is 13.3. The Bertz CT molecular complexity index is 1070. The molecule has 7 heteroatoms. The highest BCUT2D eigenvalue weighted by Gasteiger charge is 2.23. The second kappa shape index (κ2) is 8.98. The Morgan fingerprint density at radius 1 is 1.23 bits per heavy atom. The van der Waals surface area contributed by atoms with E-state index < -0.39 is 0 Å². The number of H-pyrrole nitrogens is 1. The number of amides is 1. The molecule has 156 valence electrons. The highest BCUT2D eigenvalue weighted by molar-refractivity contribution is 5.98. The summed E-state index contributed by atoms with van der Waals surface area (Å²) in [7, 11) is 0. The van der Waals surface area contributed by atoms with Gasteiger partial charge in [0.2, 0.25) is 5.91 Å². The van der Waals surface area contributed by atoms with E-state index in [4.69, 9.17) is 0 Å². The van der Waals surface area contributed by atoms with Crippen molar-refractivity contribution in [2.45, 2.75) is 19.8 Å². The molecule has 2 aromatic carbocycles. The normalized spacial score (nSPS) is 13.5. The molecule has 0 atom stereocenters. The van der Waals surface area contributed by atoms with Gasteiger partial charge in [-0.3, -0.25) is 4.79 Å². The number of nitrogens with one attached hydrogen (secondary N) is 3. The van der Waals surface area contributed by atoms with Crippen LogP contribution in [0.4, 0.5) is 10.1 Å². The third-order valence-corrected chi connectivity index (χ3v) is 5.32. The van der Waals surface area contributed by atoms with Crippen molar-refractivity contribution in [3.05, 3.63) is 65.6 Å². The molecule has 3 N–H and O–H groups in total. The van der Waals surface area contributed by atoms with Crippen LogP contribution in [0.1, 0.15) is 18.1 Å². The molecule has 0 fully saturated rings. The van der Waals surface area contributed by atoms with E-state index in [1.54, 1.807) is 6.07 Å². The molecule has 0 radical (unpaired) electrons. The lowest BCUT2D eigenvalue weighted by atomic mass is 10.1. The van der Waals surface area contributed by atoms with Gasteiger partial charge in [-0.05, 0) is 55.2 Å². The minimum atomic E-state index is -0.249. The highest BCUT2D eigenvalue weighted by atomic mass is 19.1. The van der Waals surface area contributed by atoms with Gasteiger partial charge in [0, 0.05) is 42.4 Å². The number of rotatable bonds is 6. The number of para-hydroxylation sites is 1. The van der Waals surface area contributed by atoms with Crippen LogP contribution in [-0.2, 0) is 17.6 Å². The van der Waals surface area contributed by atoms with Gasteiger partial charge in [0.05, 0.1) is 0 Å². The van der Waals surface area contributed by atoms with Crippen molar-refractivity contribution in [2.75, 3.05) is 31.1 Å². The van der Waals surface area contributed by atoms with Gasteiger partial charge in [0.25, 0.3) is 0 Å². The fourth-order valence-corrected chi connectivity index (χ4v) is 3.85. The van der Waals surface area contributed by atoms with Gasteiger partial charge in [-0.2, -0.15) is 0 Å². The molecule has 0 saturated heterocycles. The fourth-order valence-electron chi connectivity index (χ4n) is 3.85. The smallest absolute Gasteiger partial charge is 0.248 e. The molecule has 1 aromatic heterocycles. The van der Waals surface area contributed by atoms with E-state index in [0.29, 0.717) is 25.6 Å². The van der Waals surface area contributed by atoms with E-state index >= 15 is 0 Å². The van der Waals surface area contributed by atoms with Crippen molar-refractivity contribution in [2.24, 2.45) is 4.99 Å². The van der Waals surface area contributed by atoms with Gasteiger partial charge >= 0.3 is 0 Å². The second-order valence-corrected chi connectivity index (χ2v) is 7.30. The highest BCUT2D eigenvalue weighted by Crippen LogP contribution is 2.27. The standard InChI is InChI=1S/C23H26FN5O/c1-2-25-23(26-11-9-17-14-27-20-13-18(24)7-8-19(17)20)28-15-22(30)29-12-10-16-5-3-4-6-21(16)29/h3-8,13-14,27H,2,9-12,15H2,1H3,(H2,25,26,28). The van der Waals surface area contributed by atoms with Crippen LogP contribution < -0.4 is 15.5 Å². The summed E-state index contributed by atoms with van der Waals surface area (Å²) in [4.78, 5) is 22.1. The summed E-state index contributed by atoms with van der Waals surface area (Å²) < 4.78 is 13.3. The number of halogens is 1. The number of carbonyl (C=O) groups is 1. The Labute approximate surface area is 175 Å². The first-order valence-corrected chi connectivity index (χ1v) is 10.3. The molecule has 1 aliphatic rings. The minimum Gasteiger partial charge on any atom is -0.361 e. The van der Waals surface area contributed by atoms with Gasteiger partial charge in [-0.25, -0.2) is 9.38 Å². The lowest BCUT2D eigenvalue weighted by Crippen LogP contribution is -2.39. The molecule has 0 saturated carbocycles. The number of benzene rings is 2. The maximum Gasteiger partial charge on any atom is 0.248 e. The van der Waals surface area contributed by atoms with Crippen LogP contribution in [0, 0.1) is 5.82 Å². The summed E-state index contributed by atoms with van der Waals surface area (Å²) in [5.74, 6) is 0.362. The number of hydrogen-bond acceptors (Lipinski definition) is 2. The van der Waals surface area contributed by atoms with Crippen LogP contribution in [0.3, 0.4) is 0 Å². The molecule has 2 heterocycles. The molecule has 1 aliphatic heterocycles. The van der Waals surface area contributed by atoms with Gasteiger partial charge in [-0.15, -0.1) is 0 Å². The zero-order valence-corrected chi connectivity index (χ0v) is 17.0. The summed E-state index contributed by atoms with van der Waals surface area (Å²) >= 11 is 0. The van der Waals surface area contributed by atoms with Gasteiger partial charge in [0.1, 0.15) is 12.4 Å². The van der Waals surface area contributed by atoms with Crippen molar-refractivity contribution in [1.29, 1.82) is 0 Å². The van der Waals surface area contributed by atoms with Crippen LogP contribution in [0.2, 0.25) is 0 Å². The third kappa shape index (κ3) is 4.30. The van der Waals surface area contributed by atoms with E-state index in [9.17, 15) is 9.18 Å². The summed E-state index contributed by atoms with van der Waals surface area (Å²) in [6, 6.07) is 12.8. The van der Waals surface area contributed by atoms with Crippen molar-refractivity contribution < 1.29 is 9.18 Å². The van der Waals surface area contributed by atoms with Gasteiger partial charge < -0.3 is 20.5 Å². The van der Waals surface area contributed by atoms with E-state index in [1.807, 2.05) is 36.2 Å². The molecule has 0 unspecified atom stereocenters. The molecule has 4 rings (SSSR count). The fraction of sp³-hybridized carbons (Fsp3) is 0.304. The van der Waals surface area contributed by atoms with E-state index in [-0.39, 0.29) is 18.3 Å². The second-order valence-electron chi connectivity index (χ2n) is 7.30. The molecule has 0 aliphatic carbocycles. The van der Waals surface area contributed by atoms with Gasteiger partial charge in [0.15, 0.2) is 5.96 Å². The predicted octanol–water partition coefficient (Wildman–Crippen LogP) is 2.99. The largest absolute Gasteiger partial charge is 0.361 e. The van der Waals surface area contributed by atoms with Crippen molar-refractivity contribution in [3.8, 4) is 0 Å². The predicted molar refractivity (Wildman–Crippen MR) is 118 cm³/mol. The number of carbonyl (C=O) groups excluding carboxylic acids is 1. The van der Waals surface area contributed by atoms with E-state index in [1.165, 1.54) is 17.7 Å². The van der Waals surface area contributed by atoms with Crippen molar-refractivity contribution in [3.63, 3.8) is 0 Å². The average molecular weight is 407 g/mol. The lowest BCUT2D eigenvalue weighted by molar-refractivity contribution is -0.117. The molecule has 0 bridgehead atoms. The number of nitrogens with zero attached hydrogens (tertiary/aromatic N) is 2. The Kier molecular flexibility index (Phi) is 5.97. The van der Waals surface area contributed by atoms with Crippen LogP contribution in [0.5, 0.6) is 0 Å². The first kappa shape index (κ1) is 19.9. The number of hydrogen-bond donors (Lipinski definition) is 3. The number of aromatic nitrogens is 1. The van der Waals surface area contributed by atoms with E-state index in [2.05, 4.69) is 26.7 Å². The Morgan fingerprint density at radius 2 is 2.10 bits per heavy atom. The van der Waals surface area contributed by atoms with Crippen molar-refractivity contribution in [1.82, 2.24) is 15.6 Å². The Morgan fingerprint density at radius 3 is 2.97 bits per heavy atom. The molecule has 6 nitrogen and oxygen atoms in total. The quantitative estimate of drug-likeness (QED) is 0.435. The SMILES string of the molecule is CCNC(=NCC(=O)N1CCc2ccccc21)NCCc1c[nH]c2cc(F)ccc12. The molecule has 0 spiro atoms. The van der Waals surface area contributed by atoms with Crippen LogP contribution in [-0.4, -0.2) is 43.0 Å².